The molecule has 1 aromatic carbocycles. The molecule has 7 nitrogen and oxygen atoms in total. The first-order valence-electron chi connectivity index (χ1n) is 11.6. The van der Waals surface area contributed by atoms with E-state index >= 15 is 0 Å². The van der Waals surface area contributed by atoms with Crippen LogP contribution < -0.4 is 10.9 Å². The van der Waals surface area contributed by atoms with E-state index < -0.39 is 0 Å². The number of benzene rings is 1. The summed E-state index contributed by atoms with van der Waals surface area (Å²) in [6.07, 6.45) is 1.20. The highest BCUT2D eigenvalue weighted by molar-refractivity contribution is 5.94. The summed E-state index contributed by atoms with van der Waals surface area (Å²) < 4.78 is 0. The van der Waals surface area contributed by atoms with Gasteiger partial charge < -0.3 is 20.1 Å². The van der Waals surface area contributed by atoms with Gasteiger partial charge in [-0.1, -0.05) is 37.6 Å². The third-order valence-electron chi connectivity index (χ3n) is 6.11. The molecule has 0 atom stereocenters. The van der Waals surface area contributed by atoms with Crippen LogP contribution in [0.4, 0.5) is 0 Å². The SMILES string of the molecule is Cc1cccc(-c2ccc(C(=O)N3CCC(C(=O)NCC(C)(C)CN(C)C)CC3)c(=O)[nH]2)c1. The average Bonchev–Trinajstić information content (AvgIpc) is 2.76. The monoisotopic (exact) mass is 452 g/mol. The number of piperidine rings is 1. The molecule has 0 bridgehead atoms. The van der Waals surface area contributed by atoms with E-state index in [4.69, 9.17) is 0 Å². The number of amides is 2. The number of aromatic nitrogens is 1. The van der Waals surface area contributed by atoms with Crippen molar-refractivity contribution in [3.63, 3.8) is 0 Å². The van der Waals surface area contributed by atoms with Crippen molar-refractivity contribution >= 4 is 11.8 Å². The lowest BCUT2D eigenvalue weighted by Crippen LogP contribution is -2.46. The maximum absolute atomic E-state index is 13.0. The zero-order valence-electron chi connectivity index (χ0n) is 20.4. The van der Waals surface area contributed by atoms with Gasteiger partial charge in [-0.15, -0.1) is 0 Å². The van der Waals surface area contributed by atoms with E-state index in [0.717, 1.165) is 17.7 Å². The number of rotatable bonds is 7. The summed E-state index contributed by atoms with van der Waals surface area (Å²) in [5.41, 5.74) is 2.43. The topological polar surface area (TPSA) is 85.5 Å². The summed E-state index contributed by atoms with van der Waals surface area (Å²) in [6, 6.07) is 11.2. The second-order valence-electron chi connectivity index (χ2n) is 10.2. The molecule has 3 rings (SSSR count). The predicted octanol–water partition coefficient (Wildman–Crippen LogP) is 2.91. The number of hydrogen-bond acceptors (Lipinski definition) is 4. The zero-order valence-corrected chi connectivity index (χ0v) is 20.4. The Labute approximate surface area is 196 Å². The Morgan fingerprint density at radius 1 is 1.15 bits per heavy atom. The van der Waals surface area contributed by atoms with Crippen molar-refractivity contribution in [3.8, 4) is 11.3 Å². The van der Waals surface area contributed by atoms with Crippen LogP contribution in [0.3, 0.4) is 0 Å². The summed E-state index contributed by atoms with van der Waals surface area (Å²) in [4.78, 5) is 44.9. The molecular formula is C26H36N4O3. The van der Waals surface area contributed by atoms with Gasteiger partial charge in [0.1, 0.15) is 5.56 Å². The Kier molecular flexibility index (Phi) is 7.74. The van der Waals surface area contributed by atoms with Crippen molar-refractivity contribution < 1.29 is 9.59 Å². The molecule has 1 fully saturated rings. The molecule has 0 unspecified atom stereocenters. The first-order valence-corrected chi connectivity index (χ1v) is 11.6. The van der Waals surface area contributed by atoms with Crippen LogP contribution in [0.15, 0.2) is 41.2 Å². The minimum absolute atomic E-state index is 0.0124. The van der Waals surface area contributed by atoms with Gasteiger partial charge in [0.05, 0.1) is 0 Å². The van der Waals surface area contributed by atoms with Gasteiger partial charge >= 0.3 is 0 Å². The number of aromatic amines is 1. The fourth-order valence-electron chi connectivity index (χ4n) is 4.52. The van der Waals surface area contributed by atoms with Crippen molar-refractivity contribution in [1.82, 2.24) is 20.1 Å². The van der Waals surface area contributed by atoms with Crippen molar-refractivity contribution in [2.24, 2.45) is 11.3 Å². The van der Waals surface area contributed by atoms with Gasteiger partial charge in [0.15, 0.2) is 0 Å². The number of H-pyrrole nitrogens is 1. The molecule has 2 heterocycles. The number of nitrogens with one attached hydrogen (secondary N) is 2. The molecular weight excluding hydrogens is 416 g/mol. The highest BCUT2D eigenvalue weighted by atomic mass is 16.2. The van der Waals surface area contributed by atoms with Gasteiger partial charge in [-0.25, -0.2) is 0 Å². The van der Waals surface area contributed by atoms with Gasteiger partial charge in [-0.3, -0.25) is 14.4 Å². The fraction of sp³-hybridized carbons (Fsp3) is 0.500. The molecule has 7 heteroatoms. The lowest BCUT2D eigenvalue weighted by Gasteiger charge is -2.33. The molecule has 1 aliphatic rings. The van der Waals surface area contributed by atoms with E-state index in [0.29, 0.717) is 38.2 Å². The smallest absolute Gasteiger partial charge is 0.261 e. The van der Waals surface area contributed by atoms with Gasteiger partial charge in [0.2, 0.25) is 5.91 Å². The summed E-state index contributed by atoms with van der Waals surface area (Å²) in [5, 5.41) is 3.08. The number of carbonyl (C=O) groups excluding carboxylic acids is 2. The van der Waals surface area contributed by atoms with Crippen molar-refractivity contribution in [1.29, 1.82) is 0 Å². The first kappa shape index (κ1) is 24.7. The van der Waals surface area contributed by atoms with E-state index in [1.165, 1.54) is 0 Å². The molecule has 2 amide bonds. The van der Waals surface area contributed by atoms with Crippen molar-refractivity contribution in [2.75, 3.05) is 40.3 Å². The lowest BCUT2D eigenvalue weighted by molar-refractivity contribution is -0.126. The predicted molar refractivity (Wildman–Crippen MR) is 131 cm³/mol. The number of nitrogens with zero attached hydrogens (tertiary/aromatic N) is 2. The summed E-state index contributed by atoms with van der Waals surface area (Å²) in [5.74, 6) is -0.335. The fourth-order valence-corrected chi connectivity index (χ4v) is 4.52. The molecule has 0 radical (unpaired) electrons. The van der Waals surface area contributed by atoms with Crippen LogP contribution in [0.25, 0.3) is 11.3 Å². The summed E-state index contributed by atoms with van der Waals surface area (Å²) in [6.45, 7) is 8.71. The molecule has 2 N–H and O–H groups in total. The number of hydrogen-bond donors (Lipinski definition) is 2. The lowest BCUT2D eigenvalue weighted by atomic mass is 9.91. The van der Waals surface area contributed by atoms with Crippen LogP contribution in [0.5, 0.6) is 0 Å². The Balaban J connectivity index is 1.57. The number of aryl methyl sites for hydroxylation is 1. The maximum atomic E-state index is 13.0. The second-order valence-corrected chi connectivity index (χ2v) is 10.2. The van der Waals surface area contributed by atoms with Crippen LogP contribution in [0, 0.1) is 18.3 Å². The quantitative estimate of drug-likeness (QED) is 0.676. The van der Waals surface area contributed by atoms with Gasteiger partial charge in [0.25, 0.3) is 11.5 Å². The summed E-state index contributed by atoms with van der Waals surface area (Å²) in [7, 11) is 4.05. The molecule has 1 aromatic heterocycles. The van der Waals surface area contributed by atoms with Gasteiger partial charge in [-0.2, -0.15) is 0 Å². The minimum Gasteiger partial charge on any atom is -0.355 e. The van der Waals surface area contributed by atoms with Gasteiger partial charge in [0, 0.05) is 37.8 Å². The van der Waals surface area contributed by atoms with E-state index in [1.54, 1.807) is 17.0 Å². The molecule has 0 spiro atoms. The van der Waals surface area contributed by atoms with Crippen LogP contribution in [-0.2, 0) is 4.79 Å². The highest BCUT2D eigenvalue weighted by Gasteiger charge is 2.30. The van der Waals surface area contributed by atoms with E-state index in [-0.39, 0.29) is 34.3 Å². The molecule has 0 aliphatic carbocycles. The largest absolute Gasteiger partial charge is 0.355 e. The Bertz CT molecular complexity index is 1050. The Morgan fingerprint density at radius 2 is 1.85 bits per heavy atom. The first-order chi connectivity index (χ1) is 15.6. The molecule has 33 heavy (non-hydrogen) atoms. The molecule has 0 saturated carbocycles. The van der Waals surface area contributed by atoms with Crippen LogP contribution >= 0.6 is 0 Å². The van der Waals surface area contributed by atoms with Crippen molar-refractivity contribution in [3.05, 3.63) is 57.9 Å². The highest BCUT2D eigenvalue weighted by Crippen LogP contribution is 2.21. The Morgan fingerprint density at radius 3 is 2.45 bits per heavy atom. The molecule has 2 aromatic rings. The minimum atomic E-state index is -0.387. The standard InChI is InChI=1S/C26H36N4O3/c1-18-7-6-8-20(15-18)22-10-9-21(24(32)28-22)25(33)30-13-11-19(12-14-30)23(31)27-16-26(2,3)17-29(4)5/h6-10,15,19H,11-14,16-17H2,1-5H3,(H,27,31)(H,28,32). The van der Waals surface area contributed by atoms with Crippen molar-refractivity contribution in [2.45, 2.75) is 33.6 Å². The van der Waals surface area contributed by atoms with E-state index in [9.17, 15) is 14.4 Å². The third kappa shape index (κ3) is 6.54. The zero-order chi connectivity index (χ0) is 24.2. The number of carbonyl (C=O) groups is 2. The maximum Gasteiger partial charge on any atom is 0.261 e. The molecule has 178 valence electrons. The second kappa shape index (κ2) is 10.3. The molecule has 1 saturated heterocycles. The van der Waals surface area contributed by atoms with Crippen LogP contribution in [-0.4, -0.2) is 66.9 Å². The Hall–Kier alpha value is -2.93. The van der Waals surface area contributed by atoms with E-state index in [2.05, 4.69) is 29.0 Å². The van der Waals surface area contributed by atoms with Crippen LogP contribution in [0.2, 0.25) is 0 Å². The molecule has 1 aliphatic heterocycles. The van der Waals surface area contributed by atoms with Crippen LogP contribution in [0.1, 0.15) is 42.6 Å². The average molecular weight is 453 g/mol. The third-order valence-corrected chi connectivity index (χ3v) is 6.11. The van der Waals surface area contributed by atoms with E-state index in [1.807, 2.05) is 45.3 Å². The number of pyridine rings is 1. The van der Waals surface area contributed by atoms with Gasteiger partial charge in [-0.05, 0) is 63.0 Å². The summed E-state index contributed by atoms with van der Waals surface area (Å²) >= 11 is 0. The normalized spacial score (nSPS) is 15.0. The number of likely N-dealkylation sites (tertiary alicyclic amines) is 1.